The first-order valence-corrected chi connectivity index (χ1v) is 24.3. The molecule has 2 nitrogen and oxygen atoms in total. The Hall–Kier alpha value is -8.72. The average molecular weight is 897 g/mol. The largest absolute Gasteiger partial charge is 0.311 e. The predicted octanol–water partition coefficient (Wildman–Crippen LogP) is 19.1. The molecule has 0 bridgehead atoms. The molecule has 70 heavy (non-hydrogen) atoms. The third-order valence-corrected chi connectivity index (χ3v) is 14.4. The van der Waals surface area contributed by atoms with Crippen LogP contribution in [0.3, 0.4) is 0 Å². The monoisotopic (exact) mass is 896 g/mol. The molecule has 0 atom stereocenters. The Morgan fingerprint density at radius 3 is 1.29 bits per heavy atom. The van der Waals surface area contributed by atoms with Crippen molar-refractivity contribution in [3.8, 4) is 55.6 Å². The van der Waals surface area contributed by atoms with Gasteiger partial charge in [-0.15, -0.1) is 0 Å². The molecule has 11 aromatic carbocycles. The molecule has 0 spiro atoms. The number of hydrogen-bond donors (Lipinski definition) is 0. The van der Waals surface area contributed by atoms with Crippen LogP contribution in [0.15, 0.2) is 261 Å². The fourth-order valence-electron chi connectivity index (χ4n) is 10.9. The lowest BCUT2D eigenvalue weighted by molar-refractivity contribution is 0.660. The van der Waals surface area contributed by atoms with Gasteiger partial charge in [0.25, 0.3) is 0 Å². The number of benzene rings is 11. The molecule has 334 valence electrons. The third-order valence-electron chi connectivity index (χ3n) is 14.4. The summed E-state index contributed by atoms with van der Waals surface area (Å²) in [7, 11) is 0. The normalized spacial score (nSPS) is 12.3. The van der Waals surface area contributed by atoms with E-state index in [2.05, 4.69) is 291 Å². The summed E-state index contributed by atoms with van der Waals surface area (Å²) in [5.74, 6) is 0. The maximum absolute atomic E-state index is 2.45. The molecule has 0 aliphatic heterocycles. The lowest BCUT2D eigenvalue weighted by Crippen LogP contribution is -2.16. The maximum atomic E-state index is 2.45. The quantitative estimate of drug-likeness (QED) is 0.135. The van der Waals surface area contributed by atoms with Crippen LogP contribution in [-0.2, 0) is 5.41 Å². The van der Waals surface area contributed by atoms with Crippen molar-refractivity contribution in [1.82, 2.24) is 0 Å². The molecule has 0 heterocycles. The minimum absolute atomic E-state index is 0.135. The summed E-state index contributed by atoms with van der Waals surface area (Å²) in [6, 6.07) is 95.3. The fraction of sp³-hybridized carbons (Fsp3) is 0.0588. The summed E-state index contributed by atoms with van der Waals surface area (Å²) in [4.78, 5) is 4.77. The second-order valence-corrected chi connectivity index (χ2v) is 19.0. The van der Waals surface area contributed by atoms with Gasteiger partial charge in [-0.1, -0.05) is 196 Å². The van der Waals surface area contributed by atoms with Crippen molar-refractivity contribution in [2.75, 3.05) is 9.80 Å². The lowest BCUT2D eigenvalue weighted by Gasteiger charge is -2.29. The van der Waals surface area contributed by atoms with Crippen molar-refractivity contribution < 1.29 is 0 Å². The molecule has 0 unspecified atom stereocenters. The first-order chi connectivity index (χ1) is 34.4. The van der Waals surface area contributed by atoms with Gasteiger partial charge in [-0.25, -0.2) is 0 Å². The molecule has 12 rings (SSSR count). The summed E-state index contributed by atoms with van der Waals surface area (Å²) >= 11 is 0. The molecule has 1 aliphatic carbocycles. The van der Waals surface area contributed by atoms with E-state index in [9.17, 15) is 0 Å². The third kappa shape index (κ3) is 7.55. The minimum Gasteiger partial charge on any atom is -0.311 e. The Bertz CT molecular complexity index is 3610. The van der Waals surface area contributed by atoms with Crippen molar-refractivity contribution in [2.45, 2.75) is 26.2 Å². The summed E-state index contributed by atoms with van der Waals surface area (Å²) in [5.41, 5.74) is 22.8. The van der Waals surface area contributed by atoms with E-state index in [1.165, 1.54) is 72.0 Å². The highest BCUT2D eigenvalue weighted by Crippen LogP contribution is 2.52. The van der Waals surface area contributed by atoms with Gasteiger partial charge in [-0.3, -0.25) is 0 Å². The van der Waals surface area contributed by atoms with Crippen molar-refractivity contribution in [3.05, 3.63) is 278 Å². The van der Waals surface area contributed by atoms with Gasteiger partial charge < -0.3 is 9.80 Å². The second kappa shape index (κ2) is 17.7. The SMILES string of the molecule is Cc1cccc2c1-c1ccc(N(c3ccc(-c4cc(-c5ccccc5)c(-c5ccc(N(c6ccccc6)c6ccccc6)cc5)cc4-c4ccccc4)cc3)c3cccc4ccccc34)cc1C2(C)C. The van der Waals surface area contributed by atoms with Crippen molar-refractivity contribution in [2.24, 2.45) is 0 Å². The van der Waals surface area contributed by atoms with Gasteiger partial charge in [-0.2, -0.15) is 0 Å². The highest BCUT2D eigenvalue weighted by atomic mass is 15.1. The first-order valence-electron chi connectivity index (χ1n) is 24.3. The topological polar surface area (TPSA) is 6.48 Å². The molecule has 0 amide bonds. The van der Waals surface area contributed by atoms with E-state index in [0.717, 1.165) is 45.3 Å². The second-order valence-electron chi connectivity index (χ2n) is 19.0. The standard InChI is InChI=1S/C68H52N2/c1-47-20-18-32-64-67(47)59-43-42-57(44-65(59)68(64,2)3)70(66-33-19-26-48-25-16-17-31-58(48)66)56-40-36-52(37-41-56)63-46-60(49-21-8-4-9-22-49)62(45-61(63)50-23-10-5-11-24-50)51-34-38-55(39-35-51)69(53-27-12-6-13-28-53)54-29-14-7-15-30-54/h4-46H,1-3H3. The summed E-state index contributed by atoms with van der Waals surface area (Å²) in [6.45, 7) is 6.99. The first kappa shape index (κ1) is 42.6. The van der Waals surface area contributed by atoms with Gasteiger partial charge in [0, 0.05) is 39.2 Å². The van der Waals surface area contributed by atoms with Crippen LogP contribution in [0.2, 0.25) is 0 Å². The number of anilines is 6. The van der Waals surface area contributed by atoms with Crippen LogP contribution in [-0.4, -0.2) is 0 Å². The molecule has 1 aliphatic rings. The van der Waals surface area contributed by atoms with Crippen molar-refractivity contribution in [3.63, 3.8) is 0 Å². The molecule has 2 heteroatoms. The Morgan fingerprint density at radius 1 is 0.300 bits per heavy atom. The summed E-state index contributed by atoms with van der Waals surface area (Å²) < 4.78 is 0. The van der Waals surface area contributed by atoms with Gasteiger partial charge in [0.1, 0.15) is 0 Å². The zero-order chi connectivity index (χ0) is 47.2. The summed E-state index contributed by atoms with van der Waals surface area (Å²) in [5, 5.41) is 2.43. The average Bonchev–Trinajstić information content (AvgIpc) is 3.65. The van der Waals surface area contributed by atoms with Crippen LogP contribution < -0.4 is 9.80 Å². The van der Waals surface area contributed by atoms with Crippen LogP contribution >= 0.6 is 0 Å². The van der Waals surface area contributed by atoms with Gasteiger partial charge in [0.15, 0.2) is 0 Å². The zero-order valence-corrected chi connectivity index (χ0v) is 39.7. The molecular formula is C68H52N2. The van der Waals surface area contributed by atoms with Crippen LogP contribution in [0.1, 0.15) is 30.5 Å². The Balaban J connectivity index is 0.998. The van der Waals surface area contributed by atoms with E-state index < -0.39 is 0 Å². The van der Waals surface area contributed by atoms with E-state index in [1.54, 1.807) is 0 Å². The van der Waals surface area contributed by atoms with Gasteiger partial charge >= 0.3 is 0 Å². The zero-order valence-electron chi connectivity index (χ0n) is 39.7. The molecule has 11 aromatic rings. The van der Waals surface area contributed by atoms with Crippen LogP contribution in [0, 0.1) is 6.92 Å². The van der Waals surface area contributed by atoms with Crippen molar-refractivity contribution >= 4 is 44.9 Å². The number of aryl methyl sites for hydroxylation is 1. The van der Waals surface area contributed by atoms with E-state index >= 15 is 0 Å². The van der Waals surface area contributed by atoms with Gasteiger partial charge in [-0.05, 0) is 163 Å². The van der Waals surface area contributed by atoms with Crippen LogP contribution in [0.5, 0.6) is 0 Å². The van der Waals surface area contributed by atoms with E-state index in [0.29, 0.717) is 0 Å². The summed E-state index contributed by atoms with van der Waals surface area (Å²) in [6.07, 6.45) is 0. The molecule has 0 radical (unpaired) electrons. The number of rotatable bonds is 10. The van der Waals surface area contributed by atoms with Gasteiger partial charge in [0.2, 0.25) is 0 Å². The molecule has 0 saturated carbocycles. The molecule has 0 fully saturated rings. The molecule has 0 N–H and O–H groups in total. The highest BCUT2D eigenvalue weighted by Gasteiger charge is 2.37. The number of hydrogen-bond acceptors (Lipinski definition) is 2. The van der Waals surface area contributed by atoms with Gasteiger partial charge in [0.05, 0.1) is 5.69 Å². The predicted molar refractivity (Wildman–Crippen MR) is 297 cm³/mol. The fourth-order valence-corrected chi connectivity index (χ4v) is 10.9. The van der Waals surface area contributed by atoms with Crippen LogP contribution in [0.25, 0.3) is 66.4 Å². The smallest absolute Gasteiger partial charge is 0.0540 e. The number of para-hydroxylation sites is 2. The Labute approximate surface area is 412 Å². The highest BCUT2D eigenvalue weighted by molar-refractivity contribution is 6.00. The lowest BCUT2D eigenvalue weighted by atomic mass is 9.82. The Morgan fingerprint density at radius 2 is 0.729 bits per heavy atom. The number of fused-ring (bicyclic) bond motifs is 4. The van der Waals surface area contributed by atoms with E-state index in [1.807, 2.05) is 0 Å². The van der Waals surface area contributed by atoms with Crippen molar-refractivity contribution in [1.29, 1.82) is 0 Å². The molecule has 0 saturated heterocycles. The van der Waals surface area contributed by atoms with Crippen LogP contribution in [0.4, 0.5) is 34.1 Å². The van der Waals surface area contributed by atoms with E-state index in [-0.39, 0.29) is 5.41 Å². The number of nitrogens with zero attached hydrogens (tertiary/aromatic N) is 2. The molecule has 0 aromatic heterocycles. The van der Waals surface area contributed by atoms with E-state index in [4.69, 9.17) is 0 Å². The Kier molecular flexibility index (Phi) is 10.8. The minimum atomic E-state index is -0.135. The maximum Gasteiger partial charge on any atom is 0.0540 e. The molecular weight excluding hydrogens is 845 g/mol.